The van der Waals surface area contributed by atoms with Crippen molar-refractivity contribution in [2.75, 3.05) is 13.2 Å². The van der Waals surface area contributed by atoms with Crippen molar-refractivity contribution >= 4 is 6.16 Å². The fraction of sp³-hybridized carbons (Fsp3) is 0.952. The summed E-state index contributed by atoms with van der Waals surface area (Å²) in [6, 6.07) is 0. The number of ether oxygens (including phenoxy) is 2. The zero-order valence-electron chi connectivity index (χ0n) is 16.8. The monoisotopic (exact) mass is 342 g/mol. The van der Waals surface area contributed by atoms with E-state index in [2.05, 4.69) is 27.7 Å². The minimum Gasteiger partial charge on any atom is -0.434 e. The Labute approximate surface area is 150 Å². The molecule has 0 rings (SSSR count). The minimum atomic E-state index is -0.478. The van der Waals surface area contributed by atoms with Gasteiger partial charge in [-0.05, 0) is 24.7 Å². The minimum absolute atomic E-state index is 0.477. The van der Waals surface area contributed by atoms with Crippen LogP contribution in [0.15, 0.2) is 0 Å². The van der Waals surface area contributed by atoms with Gasteiger partial charge in [-0.25, -0.2) is 4.79 Å². The molecule has 0 aliphatic heterocycles. The van der Waals surface area contributed by atoms with Crippen LogP contribution in [0, 0.1) is 11.8 Å². The average molecular weight is 343 g/mol. The van der Waals surface area contributed by atoms with E-state index in [1.807, 2.05) is 0 Å². The molecule has 3 heteroatoms. The lowest BCUT2D eigenvalue weighted by molar-refractivity contribution is 0.0315. The van der Waals surface area contributed by atoms with Crippen LogP contribution in [0.2, 0.25) is 0 Å². The first-order chi connectivity index (χ1) is 11.7. The Morgan fingerprint density at radius 1 is 0.667 bits per heavy atom. The van der Waals surface area contributed by atoms with Crippen molar-refractivity contribution in [2.45, 2.75) is 105 Å². The van der Waals surface area contributed by atoms with E-state index in [9.17, 15) is 4.79 Å². The molecule has 3 nitrogen and oxygen atoms in total. The van der Waals surface area contributed by atoms with Gasteiger partial charge in [0, 0.05) is 0 Å². The summed E-state index contributed by atoms with van der Waals surface area (Å²) in [6.07, 6.45) is 14.1. The number of unbranched alkanes of at least 4 members (excludes halogenated alkanes) is 6. The Kier molecular flexibility index (Phi) is 16.6. The smallest absolute Gasteiger partial charge is 0.434 e. The predicted molar refractivity (Wildman–Crippen MR) is 102 cm³/mol. The number of hydrogen-bond acceptors (Lipinski definition) is 3. The van der Waals surface area contributed by atoms with Crippen LogP contribution >= 0.6 is 0 Å². The number of hydrogen-bond donors (Lipinski definition) is 0. The molecular weight excluding hydrogens is 300 g/mol. The first-order valence-corrected chi connectivity index (χ1v) is 10.5. The molecule has 24 heavy (non-hydrogen) atoms. The topological polar surface area (TPSA) is 35.5 Å². The average Bonchev–Trinajstić information content (AvgIpc) is 2.60. The normalized spacial score (nSPS) is 13.5. The fourth-order valence-corrected chi connectivity index (χ4v) is 2.94. The van der Waals surface area contributed by atoms with E-state index in [1.165, 1.54) is 51.4 Å². The summed E-state index contributed by atoms with van der Waals surface area (Å²) in [6.45, 7) is 9.81. The lowest BCUT2D eigenvalue weighted by Gasteiger charge is -2.17. The van der Waals surface area contributed by atoms with Crippen molar-refractivity contribution in [1.82, 2.24) is 0 Å². The van der Waals surface area contributed by atoms with Crippen LogP contribution in [-0.4, -0.2) is 19.4 Å². The molecule has 0 bridgehead atoms. The number of rotatable bonds is 16. The van der Waals surface area contributed by atoms with Crippen LogP contribution in [0.3, 0.4) is 0 Å². The van der Waals surface area contributed by atoms with Crippen LogP contribution < -0.4 is 0 Å². The van der Waals surface area contributed by atoms with Gasteiger partial charge in [0.05, 0.1) is 13.2 Å². The van der Waals surface area contributed by atoms with Crippen molar-refractivity contribution in [3.63, 3.8) is 0 Å². The van der Waals surface area contributed by atoms with Gasteiger partial charge in [-0.15, -0.1) is 0 Å². The van der Waals surface area contributed by atoms with Crippen molar-refractivity contribution in [3.8, 4) is 0 Å². The Balaban J connectivity index is 3.80. The highest BCUT2D eigenvalue weighted by Crippen LogP contribution is 2.17. The molecule has 0 aliphatic rings. The van der Waals surface area contributed by atoms with E-state index in [4.69, 9.17) is 9.47 Å². The third-order valence-corrected chi connectivity index (χ3v) is 4.96. The van der Waals surface area contributed by atoms with Crippen molar-refractivity contribution in [1.29, 1.82) is 0 Å². The maximum absolute atomic E-state index is 11.8. The van der Waals surface area contributed by atoms with Gasteiger partial charge in [0.25, 0.3) is 0 Å². The van der Waals surface area contributed by atoms with E-state index < -0.39 is 6.16 Å². The summed E-state index contributed by atoms with van der Waals surface area (Å²) in [7, 11) is 0. The molecule has 2 unspecified atom stereocenters. The van der Waals surface area contributed by atoms with E-state index in [-0.39, 0.29) is 0 Å². The van der Waals surface area contributed by atoms with Crippen molar-refractivity contribution in [3.05, 3.63) is 0 Å². The Hall–Kier alpha value is -0.730. The van der Waals surface area contributed by atoms with E-state index in [1.54, 1.807) is 0 Å². The molecule has 0 radical (unpaired) electrons. The second-order valence-electron chi connectivity index (χ2n) is 7.12. The third kappa shape index (κ3) is 13.7. The maximum Gasteiger partial charge on any atom is 0.508 e. The zero-order chi connectivity index (χ0) is 18.0. The molecule has 0 aliphatic carbocycles. The number of carbonyl (C=O) groups excluding carboxylic acids is 1. The highest BCUT2D eigenvalue weighted by Gasteiger charge is 2.13. The Morgan fingerprint density at radius 2 is 1.08 bits per heavy atom. The van der Waals surface area contributed by atoms with Gasteiger partial charge < -0.3 is 9.47 Å². The van der Waals surface area contributed by atoms with Crippen LogP contribution in [-0.2, 0) is 9.47 Å². The van der Waals surface area contributed by atoms with Gasteiger partial charge in [-0.2, -0.15) is 0 Å². The first-order valence-electron chi connectivity index (χ1n) is 10.5. The SMILES string of the molecule is CCCCCCC(CC)COC(=O)OCC(CC)CCCCCC. The molecule has 144 valence electrons. The predicted octanol–water partition coefficient (Wildman–Crippen LogP) is 7.13. The zero-order valence-corrected chi connectivity index (χ0v) is 16.8. The summed E-state index contributed by atoms with van der Waals surface area (Å²) in [5.74, 6) is 0.954. The molecular formula is C21H42O3. The molecule has 0 spiro atoms. The molecule has 0 amide bonds. The highest BCUT2D eigenvalue weighted by atomic mass is 16.7. The number of carbonyl (C=O) groups is 1. The maximum atomic E-state index is 11.8. The quantitative estimate of drug-likeness (QED) is 0.221. The molecule has 0 aromatic carbocycles. The van der Waals surface area contributed by atoms with Gasteiger partial charge in [-0.3, -0.25) is 0 Å². The first kappa shape index (κ1) is 23.3. The fourth-order valence-electron chi connectivity index (χ4n) is 2.94. The summed E-state index contributed by atoms with van der Waals surface area (Å²) in [4.78, 5) is 11.8. The Morgan fingerprint density at radius 3 is 1.42 bits per heavy atom. The molecule has 0 aromatic rings. The molecule has 0 saturated heterocycles. The van der Waals surface area contributed by atoms with Crippen LogP contribution in [0.1, 0.15) is 105 Å². The molecule has 0 heterocycles. The van der Waals surface area contributed by atoms with E-state index >= 15 is 0 Å². The summed E-state index contributed by atoms with van der Waals surface area (Å²) in [5.41, 5.74) is 0. The second-order valence-corrected chi connectivity index (χ2v) is 7.12. The molecule has 2 atom stereocenters. The third-order valence-electron chi connectivity index (χ3n) is 4.96. The van der Waals surface area contributed by atoms with Crippen LogP contribution in [0.5, 0.6) is 0 Å². The van der Waals surface area contributed by atoms with Gasteiger partial charge >= 0.3 is 6.16 Å². The van der Waals surface area contributed by atoms with Gasteiger partial charge in [0.15, 0.2) is 0 Å². The van der Waals surface area contributed by atoms with Gasteiger partial charge in [0.1, 0.15) is 0 Å². The van der Waals surface area contributed by atoms with Crippen molar-refractivity contribution < 1.29 is 14.3 Å². The second kappa shape index (κ2) is 17.1. The molecule has 0 aromatic heterocycles. The van der Waals surface area contributed by atoms with Gasteiger partial charge in [-0.1, -0.05) is 91.9 Å². The summed E-state index contributed by atoms with van der Waals surface area (Å²) >= 11 is 0. The lowest BCUT2D eigenvalue weighted by Crippen LogP contribution is -2.18. The standard InChI is InChI=1S/C21H42O3/c1-5-9-11-13-15-19(7-3)17-23-21(22)24-18-20(8-4)16-14-12-10-6-2/h19-20H,5-18H2,1-4H3. The lowest BCUT2D eigenvalue weighted by atomic mass is 9.99. The Bertz CT molecular complexity index is 252. The molecule has 0 saturated carbocycles. The highest BCUT2D eigenvalue weighted by molar-refractivity contribution is 5.59. The van der Waals surface area contributed by atoms with E-state index in [0.717, 1.165) is 25.7 Å². The van der Waals surface area contributed by atoms with Crippen molar-refractivity contribution in [2.24, 2.45) is 11.8 Å². The summed E-state index contributed by atoms with van der Waals surface area (Å²) < 4.78 is 10.7. The molecule has 0 N–H and O–H groups in total. The largest absolute Gasteiger partial charge is 0.508 e. The van der Waals surface area contributed by atoms with Crippen LogP contribution in [0.25, 0.3) is 0 Å². The summed E-state index contributed by atoms with van der Waals surface area (Å²) in [5, 5.41) is 0. The van der Waals surface area contributed by atoms with Crippen LogP contribution in [0.4, 0.5) is 4.79 Å². The van der Waals surface area contributed by atoms with E-state index in [0.29, 0.717) is 25.0 Å². The van der Waals surface area contributed by atoms with Gasteiger partial charge in [0.2, 0.25) is 0 Å². The molecule has 0 fully saturated rings.